The molecule has 1 N–H and O–H groups in total. The number of fused-ring (bicyclic) bond motifs is 3. The Kier molecular flexibility index (Phi) is 3.19. The number of hydrogen-bond acceptors (Lipinski definition) is 4. The van der Waals surface area contributed by atoms with Crippen molar-refractivity contribution in [3.63, 3.8) is 0 Å². The zero-order chi connectivity index (χ0) is 14.2. The van der Waals surface area contributed by atoms with Crippen molar-refractivity contribution in [2.24, 2.45) is 5.92 Å². The minimum Gasteiger partial charge on any atom is -0.449 e. The Balaban J connectivity index is 1.47. The normalized spacial score (nSPS) is 27.8. The largest absolute Gasteiger partial charge is 0.449 e. The number of aromatic nitrogens is 1. The summed E-state index contributed by atoms with van der Waals surface area (Å²) in [5.74, 6) is 1.55. The van der Waals surface area contributed by atoms with Crippen LogP contribution in [0.15, 0.2) is 34.9 Å². The minimum absolute atomic E-state index is 0.604. The van der Waals surface area contributed by atoms with Crippen LogP contribution < -0.4 is 5.32 Å². The highest BCUT2D eigenvalue weighted by molar-refractivity contribution is 5.62. The van der Waals surface area contributed by atoms with Crippen LogP contribution in [0.3, 0.4) is 0 Å². The van der Waals surface area contributed by atoms with Gasteiger partial charge < -0.3 is 14.6 Å². The summed E-state index contributed by atoms with van der Waals surface area (Å²) in [6.07, 6.45) is 4.40. The molecule has 2 aromatic rings. The first-order valence-corrected chi connectivity index (χ1v) is 7.79. The van der Waals surface area contributed by atoms with Crippen molar-refractivity contribution in [1.29, 1.82) is 0 Å². The predicted molar refractivity (Wildman–Crippen MR) is 83.3 cm³/mol. The molecule has 110 valence electrons. The van der Waals surface area contributed by atoms with Crippen molar-refractivity contribution in [2.45, 2.75) is 25.8 Å². The molecule has 1 aromatic carbocycles. The van der Waals surface area contributed by atoms with Crippen molar-refractivity contribution >= 4 is 5.69 Å². The molecule has 3 aliphatic rings. The van der Waals surface area contributed by atoms with Gasteiger partial charge in [-0.3, -0.25) is 0 Å². The Hall–Kier alpha value is -1.81. The highest BCUT2D eigenvalue weighted by Crippen LogP contribution is 2.30. The number of anilines is 1. The lowest BCUT2D eigenvalue weighted by atomic mass is 9.84. The standard InChI is InChI=1S/C17H21N3O/c1-12-18-17(11-21-12)13-2-4-15(5-3-13)19-16-10-20-8-6-14(16)7-9-20/h2-5,11,14,16,19H,6-10H2,1H3/t16-/m1/s1. The van der Waals surface area contributed by atoms with Gasteiger partial charge in [-0.25, -0.2) is 4.98 Å². The molecule has 0 aliphatic carbocycles. The molecule has 3 aliphatic heterocycles. The molecule has 0 saturated carbocycles. The van der Waals surface area contributed by atoms with Crippen molar-refractivity contribution in [1.82, 2.24) is 9.88 Å². The average Bonchev–Trinajstić information content (AvgIpc) is 2.96. The molecule has 0 radical (unpaired) electrons. The van der Waals surface area contributed by atoms with E-state index in [1.54, 1.807) is 6.26 Å². The Bertz CT molecular complexity index is 611. The first kappa shape index (κ1) is 12.9. The molecule has 5 rings (SSSR count). The third-order valence-electron chi connectivity index (χ3n) is 4.81. The van der Waals surface area contributed by atoms with Gasteiger partial charge in [-0.2, -0.15) is 0 Å². The number of aryl methyl sites for hydroxylation is 1. The number of hydrogen-bond donors (Lipinski definition) is 1. The van der Waals surface area contributed by atoms with Crippen LogP contribution in [0.4, 0.5) is 5.69 Å². The Morgan fingerprint density at radius 1 is 1.19 bits per heavy atom. The number of oxazole rings is 1. The summed E-state index contributed by atoms with van der Waals surface area (Å²) in [5, 5.41) is 3.71. The van der Waals surface area contributed by atoms with Crippen LogP contribution in [0.5, 0.6) is 0 Å². The van der Waals surface area contributed by atoms with Crippen LogP contribution in [0.1, 0.15) is 18.7 Å². The quantitative estimate of drug-likeness (QED) is 0.939. The lowest BCUT2D eigenvalue weighted by Gasteiger charge is -2.45. The molecule has 3 saturated heterocycles. The molecular formula is C17H21N3O. The second kappa shape index (κ2) is 5.19. The van der Waals surface area contributed by atoms with E-state index in [1.807, 2.05) is 6.92 Å². The molecule has 1 atom stereocenters. The summed E-state index contributed by atoms with van der Waals surface area (Å²) >= 11 is 0. The molecule has 21 heavy (non-hydrogen) atoms. The van der Waals surface area contributed by atoms with Gasteiger partial charge in [-0.1, -0.05) is 12.1 Å². The van der Waals surface area contributed by atoms with Gasteiger partial charge in [-0.15, -0.1) is 0 Å². The van der Waals surface area contributed by atoms with E-state index in [0.29, 0.717) is 11.9 Å². The second-order valence-corrected chi connectivity index (χ2v) is 6.22. The molecular weight excluding hydrogens is 262 g/mol. The number of nitrogens with one attached hydrogen (secondary N) is 1. The monoisotopic (exact) mass is 283 g/mol. The van der Waals surface area contributed by atoms with Gasteiger partial charge in [0, 0.05) is 30.8 Å². The molecule has 4 heteroatoms. The molecule has 2 bridgehead atoms. The van der Waals surface area contributed by atoms with Gasteiger partial charge in [0.05, 0.1) is 0 Å². The summed E-state index contributed by atoms with van der Waals surface area (Å²) < 4.78 is 5.27. The SMILES string of the molecule is Cc1nc(-c2ccc(N[C@@H]3CN4CCC3CC4)cc2)co1. The second-order valence-electron chi connectivity index (χ2n) is 6.22. The summed E-state index contributed by atoms with van der Waals surface area (Å²) in [5.41, 5.74) is 3.21. The van der Waals surface area contributed by atoms with Crippen LogP contribution in [-0.4, -0.2) is 35.6 Å². The van der Waals surface area contributed by atoms with Crippen LogP contribution in [0.25, 0.3) is 11.3 Å². The van der Waals surface area contributed by atoms with Gasteiger partial charge in [-0.05, 0) is 44.0 Å². The van der Waals surface area contributed by atoms with E-state index in [2.05, 4.69) is 39.5 Å². The zero-order valence-electron chi connectivity index (χ0n) is 12.4. The molecule has 0 spiro atoms. The van der Waals surface area contributed by atoms with E-state index in [9.17, 15) is 0 Å². The highest BCUT2D eigenvalue weighted by atomic mass is 16.3. The summed E-state index contributed by atoms with van der Waals surface area (Å²) in [4.78, 5) is 6.94. The van der Waals surface area contributed by atoms with Crippen LogP contribution in [-0.2, 0) is 0 Å². The van der Waals surface area contributed by atoms with Crippen molar-refractivity contribution in [3.05, 3.63) is 36.4 Å². The van der Waals surface area contributed by atoms with Crippen molar-refractivity contribution in [2.75, 3.05) is 25.0 Å². The fourth-order valence-electron chi connectivity index (χ4n) is 3.58. The maximum absolute atomic E-state index is 5.27. The summed E-state index contributed by atoms with van der Waals surface area (Å²) in [6.45, 7) is 5.63. The summed E-state index contributed by atoms with van der Waals surface area (Å²) in [6, 6.07) is 9.13. The van der Waals surface area contributed by atoms with Crippen LogP contribution in [0.2, 0.25) is 0 Å². The lowest BCUT2D eigenvalue weighted by Crippen LogP contribution is -2.53. The van der Waals surface area contributed by atoms with Crippen molar-refractivity contribution in [3.8, 4) is 11.3 Å². The molecule has 0 unspecified atom stereocenters. The number of benzene rings is 1. The first-order chi connectivity index (χ1) is 10.3. The van der Waals surface area contributed by atoms with E-state index >= 15 is 0 Å². The van der Waals surface area contributed by atoms with Gasteiger partial charge in [0.2, 0.25) is 0 Å². The fraction of sp³-hybridized carbons (Fsp3) is 0.471. The highest BCUT2D eigenvalue weighted by Gasteiger charge is 2.33. The molecule has 4 heterocycles. The van der Waals surface area contributed by atoms with Crippen molar-refractivity contribution < 1.29 is 4.42 Å². The third kappa shape index (κ3) is 2.56. The van der Waals surface area contributed by atoms with Gasteiger partial charge in [0.25, 0.3) is 0 Å². The number of nitrogens with zero attached hydrogens (tertiary/aromatic N) is 2. The van der Waals surface area contributed by atoms with E-state index in [1.165, 1.54) is 38.2 Å². The van der Waals surface area contributed by atoms with E-state index in [4.69, 9.17) is 4.42 Å². The van der Waals surface area contributed by atoms with Gasteiger partial charge in [0.1, 0.15) is 12.0 Å². The van der Waals surface area contributed by atoms with Gasteiger partial charge in [0.15, 0.2) is 5.89 Å². The maximum Gasteiger partial charge on any atom is 0.191 e. The third-order valence-corrected chi connectivity index (χ3v) is 4.81. The van der Waals surface area contributed by atoms with Crippen LogP contribution >= 0.6 is 0 Å². The van der Waals surface area contributed by atoms with Crippen LogP contribution in [0, 0.1) is 12.8 Å². The molecule has 4 nitrogen and oxygen atoms in total. The topological polar surface area (TPSA) is 41.3 Å². The Morgan fingerprint density at radius 2 is 1.95 bits per heavy atom. The Labute approximate surface area is 125 Å². The number of rotatable bonds is 3. The predicted octanol–water partition coefficient (Wildman–Crippen LogP) is 3.16. The first-order valence-electron chi connectivity index (χ1n) is 7.79. The van der Waals surface area contributed by atoms with E-state index in [0.717, 1.165) is 17.2 Å². The smallest absolute Gasteiger partial charge is 0.191 e. The summed E-state index contributed by atoms with van der Waals surface area (Å²) in [7, 11) is 0. The van der Waals surface area contributed by atoms with E-state index in [-0.39, 0.29) is 0 Å². The molecule has 0 amide bonds. The maximum atomic E-state index is 5.27. The Morgan fingerprint density at radius 3 is 2.52 bits per heavy atom. The molecule has 3 fully saturated rings. The lowest BCUT2D eigenvalue weighted by molar-refractivity contribution is 0.0975. The van der Waals surface area contributed by atoms with Gasteiger partial charge >= 0.3 is 0 Å². The zero-order valence-corrected chi connectivity index (χ0v) is 12.4. The number of piperidine rings is 3. The minimum atomic E-state index is 0.604. The molecule has 1 aromatic heterocycles. The van der Waals surface area contributed by atoms with E-state index < -0.39 is 0 Å². The fourth-order valence-corrected chi connectivity index (χ4v) is 3.58. The average molecular weight is 283 g/mol.